The van der Waals surface area contributed by atoms with Crippen LogP contribution < -0.4 is 0 Å². The van der Waals surface area contributed by atoms with Crippen molar-refractivity contribution in [2.45, 2.75) is 18.9 Å². The Morgan fingerprint density at radius 3 is 2.19 bits per heavy atom. The summed E-state index contributed by atoms with van der Waals surface area (Å²) in [6.07, 6.45) is 0.386. The van der Waals surface area contributed by atoms with E-state index in [4.69, 9.17) is 4.74 Å². The minimum Gasteiger partial charge on any atom is -0.504 e. The predicted molar refractivity (Wildman–Crippen MR) is 63.9 cm³/mol. The second-order valence-corrected chi connectivity index (χ2v) is 4.89. The Hall–Kier alpha value is -1.83. The maximum Gasteiger partial charge on any atom is 0.345 e. The molecule has 0 aromatic heterocycles. The molecule has 116 valence electrons. The van der Waals surface area contributed by atoms with E-state index in [1.807, 2.05) is 11.9 Å². The van der Waals surface area contributed by atoms with Crippen LogP contribution in [0.2, 0.25) is 0 Å². The molecule has 0 atom stereocenters. The number of hydrogen-bond donors (Lipinski definition) is 1. The molecule has 0 spiro atoms. The zero-order valence-electron chi connectivity index (χ0n) is 11.1. The summed E-state index contributed by atoms with van der Waals surface area (Å²) in [4.78, 5) is 13.7. The molecule has 1 aliphatic heterocycles. The molecule has 1 fully saturated rings. The van der Waals surface area contributed by atoms with E-state index in [0.29, 0.717) is 25.9 Å². The van der Waals surface area contributed by atoms with Crippen molar-refractivity contribution in [3.63, 3.8) is 0 Å². The van der Waals surface area contributed by atoms with Crippen LogP contribution in [0, 0.1) is 23.3 Å². The van der Waals surface area contributed by atoms with Crippen molar-refractivity contribution in [2.24, 2.45) is 0 Å². The molecule has 0 aliphatic carbocycles. The topological polar surface area (TPSA) is 49.8 Å². The summed E-state index contributed by atoms with van der Waals surface area (Å²) in [6.45, 7) is 1.27. The van der Waals surface area contributed by atoms with Crippen molar-refractivity contribution in [2.75, 3.05) is 20.1 Å². The van der Waals surface area contributed by atoms with Crippen molar-refractivity contribution in [3.8, 4) is 5.75 Å². The number of aromatic hydroxyl groups is 1. The summed E-state index contributed by atoms with van der Waals surface area (Å²) in [7, 11) is 1.87. The Balaban J connectivity index is 2.24. The SMILES string of the molecule is CN1CCC(OC(=O)c2c(O)c(F)c(F)c(F)c2F)CC1. The third-order valence-electron chi connectivity index (χ3n) is 3.39. The molecule has 0 bridgehead atoms. The van der Waals surface area contributed by atoms with E-state index in [9.17, 15) is 27.5 Å². The van der Waals surface area contributed by atoms with Gasteiger partial charge in [-0.25, -0.2) is 18.0 Å². The first-order valence-electron chi connectivity index (χ1n) is 6.27. The van der Waals surface area contributed by atoms with Gasteiger partial charge in [0.25, 0.3) is 0 Å². The molecular formula is C13H13F4NO3. The molecule has 21 heavy (non-hydrogen) atoms. The van der Waals surface area contributed by atoms with Gasteiger partial charge in [-0.15, -0.1) is 0 Å². The van der Waals surface area contributed by atoms with Gasteiger partial charge in [0.05, 0.1) is 0 Å². The molecule has 0 radical (unpaired) electrons. The van der Waals surface area contributed by atoms with Crippen LogP contribution in [-0.4, -0.2) is 42.2 Å². The van der Waals surface area contributed by atoms with Crippen molar-refractivity contribution in [3.05, 3.63) is 28.8 Å². The van der Waals surface area contributed by atoms with Crippen LogP contribution in [0.5, 0.6) is 5.75 Å². The number of esters is 1. The molecule has 8 heteroatoms. The third-order valence-corrected chi connectivity index (χ3v) is 3.39. The maximum atomic E-state index is 13.5. The molecule has 1 heterocycles. The highest BCUT2D eigenvalue weighted by molar-refractivity contribution is 5.93. The van der Waals surface area contributed by atoms with E-state index < -0.39 is 46.7 Å². The zero-order valence-corrected chi connectivity index (χ0v) is 11.1. The fourth-order valence-corrected chi connectivity index (χ4v) is 2.12. The summed E-state index contributed by atoms with van der Waals surface area (Å²) in [5, 5.41) is 9.29. The van der Waals surface area contributed by atoms with Crippen molar-refractivity contribution >= 4 is 5.97 Å². The number of piperidine rings is 1. The average Bonchev–Trinajstić information content (AvgIpc) is 2.46. The van der Waals surface area contributed by atoms with Crippen LogP contribution >= 0.6 is 0 Å². The van der Waals surface area contributed by atoms with Crippen LogP contribution in [0.4, 0.5) is 17.6 Å². The molecule has 0 unspecified atom stereocenters. The molecule has 1 aromatic carbocycles. The smallest absolute Gasteiger partial charge is 0.345 e. The minimum absolute atomic E-state index is 0.469. The fourth-order valence-electron chi connectivity index (χ4n) is 2.12. The molecule has 1 saturated heterocycles. The second kappa shape index (κ2) is 5.88. The standard InChI is InChI=1S/C13H13F4NO3/c1-18-4-2-6(3-5-18)21-13(20)7-8(14)9(15)10(16)11(17)12(7)19/h6,19H,2-5H2,1H3. The normalized spacial score (nSPS) is 17.0. The molecule has 2 rings (SSSR count). The molecule has 0 amide bonds. The number of phenols is 1. The van der Waals surface area contributed by atoms with Gasteiger partial charge in [0.2, 0.25) is 11.6 Å². The Morgan fingerprint density at radius 1 is 1.10 bits per heavy atom. The monoisotopic (exact) mass is 307 g/mol. The summed E-state index contributed by atoms with van der Waals surface area (Å²) < 4.78 is 57.6. The van der Waals surface area contributed by atoms with Crippen LogP contribution in [-0.2, 0) is 4.74 Å². The number of carbonyl (C=O) groups is 1. The van der Waals surface area contributed by atoms with Gasteiger partial charge in [-0.3, -0.25) is 0 Å². The van der Waals surface area contributed by atoms with E-state index in [-0.39, 0.29) is 0 Å². The number of phenolic OH excluding ortho intramolecular Hbond substituents is 1. The van der Waals surface area contributed by atoms with Gasteiger partial charge in [-0.05, 0) is 19.9 Å². The van der Waals surface area contributed by atoms with E-state index in [0.717, 1.165) is 0 Å². The van der Waals surface area contributed by atoms with Gasteiger partial charge in [-0.2, -0.15) is 4.39 Å². The minimum atomic E-state index is -2.18. The number of benzene rings is 1. The first kappa shape index (κ1) is 15.6. The largest absolute Gasteiger partial charge is 0.504 e. The number of carbonyl (C=O) groups excluding carboxylic acids is 1. The quantitative estimate of drug-likeness (QED) is 0.394. The van der Waals surface area contributed by atoms with E-state index in [1.165, 1.54) is 0 Å². The van der Waals surface area contributed by atoms with E-state index >= 15 is 0 Å². The van der Waals surface area contributed by atoms with Gasteiger partial charge < -0.3 is 14.7 Å². The highest BCUT2D eigenvalue weighted by Crippen LogP contribution is 2.30. The fraction of sp³-hybridized carbons (Fsp3) is 0.462. The third kappa shape index (κ3) is 2.94. The number of rotatable bonds is 2. The molecular weight excluding hydrogens is 294 g/mol. The first-order valence-corrected chi connectivity index (χ1v) is 6.27. The number of likely N-dealkylation sites (tertiary alicyclic amines) is 1. The summed E-state index contributed by atoms with van der Waals surface area (Å²) in [6, 6.07) is 0. The number of halogens is 4. The van der Waals surface area contributed by atoms with E-state index in [2.05, 4.69) is 0 Å². The predicted octanol–water partition coefficient (Wildman–Crippen LogP) is 2.20. The zero-order chi connectivity index (χ0) is 15.7. The van der Waals surface area contributed by atoms with Crippen LogP contribution in [0.3, 0.4) is 0 Å². The summed E-state index contributed by atoms with van der Waals surface area (Å²) in [5.74, 6) is -11.4. The Labute approximate surface area is 117 Å². The lowest BCUT2D eigenvalue weighted by molar-refractivity contribution is 0.0129. The van der Waals surface area contributed by atoms with Gasteiger partial charge in [0.1, 0.15) is 11.7 Å². The van der Waals surface area contributed by atoms with Gasteiger partial charge in [-0.1, -0.05) is 0 Å². The molecule has 4 nitrogen and oxygen atoms in total. The van der Waals surface area contributed by atoms with Crippen molar-refractivity contribution < 1.29 is 32.2 Å². The van der Waals surface area contributed by atoms with Crippen molar-refractivity contribution in [1.82, 2.24) is 4.90 Å². The first-order chi connectivity index (χ1) is 9.82. The van der Waals surface area contributed by atoms with Gasteiger partial charge in [0.15, 0.2) is 17.4 Å². The van der Waals surface area contributed by atoms with Crippen LogP contribution in [0.25, 0.3) is 0 Å². The Bertz CT molecular complexity index is 542. The Morgan fingerprint density at radius 2 is 1.62 bits per heavy atom. The van der Waals surface area contributed by atoms with Gasteiger partial charge >= 0.3 is 5.97 Å². The molecule has 1 aliphatic rings. The lowest BCUT2D eigenvalue weighted by atomic mass is 10.1. The number of ether oxygens (including phenoxy) is 1. The maximum absolute atomic E-state index is 13.5. The van der Waals surface area contributed by atoms with Crippen LogP contribution in [0.1, 0.15) is 23.2 Å². The number of hydrogen-bond acceptors (Lipinski definition) is 4. The average molecular weight is 307 g/mol. The lowest BCUT2D eigenvalue weighted by Gasteiger charge is -2.28. The highest BCUT2D eigenvalue weighted by Gasteiger charge is 2.32. The summed E-state index contributed by atoms with van der Waals surface area (Å²) in [5.41, 5.74) is -1.33. The summed E-state index contributed by atoms with van der Waals surface area (Å²) >= 11 is 0. The van der Waals surface area contributed by atoms with Crippen molar-refractivity contribution in [1.29, 1.82) is 0 Å². The number of nitrogens with zero attached hydrogens (tertiary/aromatic N) is 1. The van der Waals surface area contributed by atoms with Gasteiger partial charge in [0, 0.05) is 13.1 Å². The van der Waals surface area contributed by atoms with E-state index in [1.54, 1.807) is 0 Å². The Kier molecular flexibility index (Phi) is 4.36. The molecule has 1 aromatic rings. The molecule has 1 N–H and O–H groups in total. The lowest BCUT2D eigenvalue weighted by Crippen LogP contribution is -2.35. The molecule has 0 saturated carbocycles. The van der Waals surface area contributed by atoms with Crippen LogP contribution in [0.15, 0.2) is 0 Å². The highest BCUT2D eigenvalue weighted by atomic mass is 19.2. The second-order valence-electron chi connectivity index (χ2n) is 4.89.